The normalized spacial score (nSPS) is 15.3. The number of nitrogens with one attached hydrogen (secondary N) is 1. The van der Waals surface area contributed by atoms with Gasteiger partial charge in [0, 0.05) is 18.5 Å². The van der Waals surface area contributed by atoms with E-state index in [0.29, 0.717) is 18.7 Å². The Kier molecular flexibility index (Phi) is 10.3. The van der Waals surface area contributed by atoms with E-state index in [9.17, 15) is 22.8 Å². The van der Waals surface area contributed by atoms with Gasteiger partial charge in [-0.05, 0) is 70.0 Å². The number of amides is 1. The van der Waals surface area contributed by atoms with Crippen LogP contribution in [-0.2, 0) is 33.8 Å². The van der Waals surface area contributed by atoms with Crippen molar-refractivity contribution < 1.29 is 37.0 Å². The Labute approximate surface area is 223 Å². The highest BCUT2D eigenvalue weighted by Crippen LogP contribution is 2.26. The fourth-order valence-electron chi connectivity index (χ4n) is 3.73. The molecule has 2 aromatic rings. The number of nitrogens with zero attached hydrogens (tertiary/aromatic N) is 1. The Morgan fingerprint density at radius 2 is 1.66 bits per heavy atom. The van der Waals surface area contributed by atoms with Gasteiger partial charge < -0.3 is 19.5 Å². The number of carbonyl (C=O) groups excluding carboxylic acids is 3. The van der Waals surface area contributed by atoms with Gasteiger partial charge in [0.25, 0.3) is 15.9 Å². The predicted octanol–water partition coefficient (Wildman–Crippen LogP) is 2.98. The van der Waals surface area contributed by atoms with Gasteiger partial charge in [0.05, 0.1) is 36.5 Å². The largest absolute Gasteiger partial charge is 0.466 e. The summed E-state index contributed by atoms with van der Waals surface area (Å²) in [5.74, 6) is -1.69. The molecule has 1 aliphatic heterocycles. The third-order valence-electron chi connectivity index (χ3n) is 5.90. The number of esters is 2. The van der Waals surface area contributed by atoms with Crippen LogP contribution in [0.25, 0.3) is 0 Å². The molecule has 0 spiro atoms. The van der Waals surface area contributed by atoms with Crippen molar-refractivity contribution in [1.29, 1.82) is 0 Å². The molecule has 1 saturated heterocycles. The van der Waals surface area contributed by atoms with Gasteiger partial charge in [-0.25, -0.2) is 13.2 Å². The highest BCUT2D eigenvalue weighted by atomic mass is 32.2. The van der Waals surface area contributed by atoms with Crippen molar-refractivity contribution in [2.75, 3.05) is 30.7 Å². The van der Waals surface area contributed by atoms with Gasteiger partial charge in [-0.3, -0.25) is 13.9 Å². The Hall–Kier alpha value is -3.44. The molecule has 3 rings (SSSR count). The number of epoxide rings is 1. The molecule has 2 aromatic carbocycles. The van der Waals surface area contributed by atoms with Gasteiger partial charge >= 0.3 is 11.9 Å². The highest BCUT2D eigenvalue weighted by molar-refractivity contribution is 7.92. The summed E-state index contributed by atoms with van der Waals surface area (Å²) in [5.41, 5.74) is 1.56. The topological polar surface area (TPSA) is 132 Å². The van der Waals surface area contributed by atoms with Gasteiger partial charge in [0.1, 0.15) is 6.04 Å². The molecule has 1 aliphatic rings. The van der Waals surface area contributed by atoms with Crippen LogP contribution in [-0.4, -0.2) is 64.8 Å². The lowest BCUT2D eigenvalue weighted by Crippen LogP contribution is -2.42. The molecular weight excluding hydrogens is 512 g/mol. The van der Waals surface area contributed by atoms with Crippen molar-refractivity contribution in [3.8, 4) is 0 Å². The van der Waals surface area contributed by atoms with Crippen LogP contribution in [0.4, 0.5) is 5.69 Å². The maximum absolute atomic E-state index is 13.5. The van der Waals surface area contributed by atoms with E-state index in [-0.39, 0.29) is 49.2 Å². The average molecular weight is 547 g/mol. The van der Waals surface area contributed by atoms with E-state index in [1.807, 2.05) is 6.92 Å². The van der Waals surface area contributed by atoms with Crippen molar-refractivity contribution >= 4 is 33.6 Å². The molecule has 1 amide bonds. The van der Waals surface area contributed by atoms with Gasteiger partial charge in [-0.15, -0.1) is 0 Å². The zero-order chi connectivity index (χ0) is 27.7. The zero-order valence-electron chi connectivity index (χ0n) is 21.8. The molecule has 1 fully saturated rings. The van der Waals surface area contributed by atoms with Crippen molar-refractivity contribution in [2.45, 2.75) is 57.1 Å². The summed E-state index contributed by atoms with van der Waals surface area (Å²) in [6, 6.07) is 11.7. The van der Waals surface area contributed by atoms with E-state index in [4.69, 9.17) is 14.2 Å². The summed E-state index contributed by atoms with van der Waals surface area (Å²) < 4.78 is 43.4. The Balaban J connectivity index is 1.77. The summed E-state index contributed by atoms with van der Waals surface area (Å²) in [4.78, 5) is 37.2. The lowest BCUT2D eigenvalue weighted by atomic mass is 10.1. The second kappa shape index (κ2) is 13.4. The monoisotopic (exact) mass is 546 g/mol. The minimum absolute atomic E-state index is 0.0211. The number of aryl methyl sites for hydroxylation is 1. The van der Waals surface area contributed by atoms with Crippen LogP contribution in [0.3, 0.4) is 0 Å². The van der Waals surface area contributed by atoms with E-state index < -0.39 is 33.9 Å². The standard InChI is InChI=1S/C27H34N2O8S/c1-4-35-25(30)15-14-24(27(32)36-5-2)28-26(31)20-8-10-21(11-9-20)29(17-16-22-18-37-22)38(33,34)23-12-6-19(3)7-13-23/h6-13,22,24H,4-5,14-18H2,1-3H3,(H,28,31). The SMILES string of the molecule is CCOC(=O)CCC(NC(=O)c1ccc(N(CCC2CO2)S(=O)(=O)c2ccc(C)cc2)cc1)C(=O)OCC. The van der Waals surface area contributed by atoms with Gasteiger partial charge in [-0.1, -0.05) is 17.7 Å². The summed E-state index contributed by atoms with van der Waals surface area (Å²) >= 11 is 0. The second-order valence-electron chi connectivity index (χ2n) is 8.80. The number of rotatable bonds is 14. The lowest BCUT2D eigenvalue weighted by Gasteiger charge is -2.25. The summed E-state index contributed by atoms with van der Waals surface area (Å²) in [5, 5.41) is 2.60. The van der Waals surface area contributed by atoms with E-state index in [1.165, 1.54) is 16.4 Å². The predicted molar refractivity (Wildman–Crippen MR) is 140 cm³/mol. The van der Waals surface area contributed by atoms with Crippen LogP contribution < -0.4 is 9.62 Å². The van der Waals surface area contributed by atoms with Crippen molar-refractivity contribution in [3.05, 3.63) is 59.7 Å². The molecule has 0 bridgehead atoms. The number of sulfonamides is 1. The first-order valence-corrected chi connectivity index (χ1v) is 14.0. The van der Waals surface area contributed by atoms with Crippen molar-refractivity contribution in [3.63, 3.8) is 0 Å². The second-order valence-corrected chi connectivity index (χ2v) is 10.7. The number of benzene rings is 2. The maximum atomic E-state index is 13.5. The average Bonchev–Trinajstić information content (AvgIpc) is 3.72. The van der Waals surface area contributed by atoms with E-state index in [1.54, 1.807) is 50.2 Å². The molecule has 10 nitrogen and oxygen atoms in total. The smallest absolute Gasteiger partial charge is 0.328 e. The molecular formula is C27H34N2O8S. The molecule has 2 atom stereocenters. The fraction of sp³-hybridized carbons (Fsp3) is 0.444. The molecule has 0 saturated carbocycles. The molecule has 1 heterocycles. The quantitative estimate of drug-likeness (QED) is 0.283. The first-order valence-electron chi connectivity index (χ1n) is 12.6. The van der Waals surface area contributed by atoms with Gasteiger partial charge in [0.15, 0.2) is 0 Å². The number of carbonyl (C=O) groups is 3. The molecule has 0 radical (unpaired) electrons. The molecule has 2 unspecified atom stereocenters. The fourth-order valence-corrected chi connectivity index (χ4v) is 5.21. The van der Waals surface area contributed by atoms with E-state index in [2.05, 4.69) is 5.32 Å². The Morgan fingerprint density at radius 3 is 2.24 bits per heavy atom. The first kappa shape index (κ1) is 29.1. The molecule has 0 aliphatic carbocycles. The highest BCUT2D eigenvalue weighted by Gasteiger charge is 2.30. The maximum Gasteiger partial charge on any atom is 0.328 e. The van der Waals surface area contributed by atoms with Crippen molar-refractivity contribution in [2.24, 2.45) is 0 Å². The Morgan fingerprint density at radius 1 is 1.03 bits per heavy atom. The van der Waals surface area contributed by atoms with Crippen LogP contribution in [0.15, 0.2) is 53.4 Å². The molecule has 11 heteroatoms. The van der Waals surface area contributed by atoms with Crippen LogP contribution in [0.1, 0.15) is 49.0 Å². The molecule has 38 heavy (non-hydrogen) atoms. The third-order valence-corrected chi connectivity index (χ3v) is 7.74. The summed E-state index contributed by atoms with van der Waals surface area (Å²) in [6.45, 7) is 6.36. The Bertz CT molecular complexity index is 1210. The van der Waals surface area contributed by atoms with Crippen LogP contribution in [0.2, 0.25) is 0 Å². The minimum atomic E-state index is -3.86. The zero-order valence-corrected chi connectivity index (χ0v) is 22.7. The molecule has 1 N–H and O–H groups in total. The summed E-state index contributed by atoms with van der Waals surface area (Å²) in [6.07, 6.45) is 0.528. The lowest BCUT2D eigenvalue weighted by molar-refractivity contribution is -0.146. The van der Waals surface area contributed by atoms with E-state index in [0.717, 1.165) is 5.56 Å². The molecule has 206 valence electrons. The van der Waals surface area contributed by atoms with Gasteiger partial charge in [-0.2, -0.15) is 0 Å². The van der Waals surface area contributed by atoms with Gasteiger partial charge in [0.2, 0.25) is 0 Å². The first-order chi connectivity index (χ1) is 18.1. The summed E-state index contributed by atoms with van der Waals surface area (Å²) in [7, 11) is -3.86. The number of ether oxygens (including phenoxy) is 3. The molecule has 0 aromatic heterocycles. The number of hydrogen-bond acceptors (Lipinski definition) is 8. The minimum Gasteiger partial charge on any atom is -0.466 e. The number of hydrogen-bond donors (Lipinski definition) is 1. The van der Waals surface area contributed by atoms with Crippen LogP contribution in [0.5, 0.6) is 0 Å². The van der Waals surface area contributed by atoms with Crippen molar-refractivity contribution in [1.82, 2.24) is 5.32 Å². The number of anilines is 1. The van der Waals surface area contributed by atoms with Crippen LogP contribution >= 0.6 is 0 Å². The van der Waals surface area contributed by atoms with Crippen LogP contribution in [0, 0.1) is 6.92 Å². The van der Waals surface area contributed by atoms with E-state index >= 15 is 0 Å². The third kappa shape index (κ3) is 8.03.